The van der Waals surface area contributed by atoms with Gasteiger partial charge in [-0.3, -0.25) is 0 Å². The Labute approximate surface area is 426 Å². The van der Waals surface area contributed by atoms with Crippen LogP contribution in [0.4, 0.5) is 34.1 Å². The molecule has 12 aromatic rings. The van der Waals surface area contributed by atoms with Gasteiger partial charge in [0.2, 0.25) is 0 Å². The highest BCUT2D eigenvalue weighted by Gasteiger charge is 2.57. The molecule has 0 radical (unpaired) electrons. The summed E-state index contributed by atoms with van der Waals surface area (Å²) in [4.78, 5) is 6.25. The van der Waals surface area contributed by atoms with Gasteiger partial charge in [-0.05, 0) is 141 Å². The highest BCUT2D eigenvalue weighted by Crippen LogP contribution is 2.67. The Kier molecular flexibility index (Phi) is 7.60. The summed E-state index contributed by atoms with van der Waals surface area (Å²) in [6.45, 7) is -0.213. The van der Waals surface area contributed by atoms with E-state index in [0.717, 1.165) is 67.1 Å². The molecule has 3 nitrogen and oxygen atoms in total. The van der Waals surface area contributed by atoms with Crippen LogP contribution in [0.5, 0.6) is 0 Å². The molecule has 72 heavy (non-hydrogen) atoms. The maximum absolute atomic E-state index is 8.31. The van der Waals surface area contributed by atoms with Crippen LogP contribution in [0.1, 0.15) is 36.8 Å². The van der Waals surface area contributed by atoms with E-state index in [1.807, 2.05) is 23.5 Å². The number of anilines is 6. The maximum atomic E-state index is 8.31. The summed E-state index contributed by atoms with van der Waals surface area (Å²) in [6, 6.07) is 81.1. The zero-order chi connectivity index (χ0) is 49.9. The van der Waals surface area contributed by atoms with Gasteiger partial charge in [0.25, 0.3) is 6.71 Å². The van der Waals surface area contributed by atoms with Crippen molar-refractivity contribution in [1.29, 1.82) is 0 Å². The molecule has 1 spiro atoms. The number of hydrogen-bond donors (Lipinski definition) is 0. The summed E-state index contributed by atoms with van der Waals surface area (Å²) in [7, 11) is 0. The Hall–Kier alpha value is -8.64. The lowest BCUT2D eigenvalue weighted by atomic mass is 9.36. The number of furan rings is 1. The van der Waals surface area contributed by atoms with Crippen molar-refractivity contribution in [2.45, 2.75) is 19.2 Å². The largest absolute Gasteiger partial charge is 0.456 e. The van der Waals surface area contributed by atoms with E-state index in [1.165, 1.54) is 76.3 Å². The standard InChI is InChI=1S/C67H43BN2OS/c1-40-28-32-45(33-29-40)69-57-25-15-26-58-63(57)68(56-35-31-43(37-59(56)69)50-36-41(2)30-34-46(50)42-16-5-3-6-17-42)66-64(70(58)44-18-7-4-8-19-44)62-49-22-10-13-24-54(49)67(65(62)72-66)53-23-12-9-20-47(53)51-39-61-52(38-55(51)67)48-21-11-14-27-60(48)71-61/h3-39H,1-2H3/i1D3. The molecule has 2 aliphatic carbocycles. The SMILES string of the molecule is [2H]C([2H])([2H])c1ccc(N2c3cc(-c4cc(C)ccc4-c4ccccc4)ccc3B3c4sc5c(c4N(c4ccccc4)c4cccc2c43)-c2ccccc2C52c3ccccc3-c3cc4oc5ccccc5c4cc32)cc1. The van der Waals surface area contributed by atoms with Crippen LogP contribution in [-0.2, 0) is 5.41 Å². The molecule has 5 heteroatoms. The molecule has 2 aromatic heterocycles. The first kappa shape index (κ1) is 37.2. The van der Waals surface area contributed by atoms with Crippen LogP contribution in [-0.4, -0.2) is 6.71 Å². The predicted octanol–water partition coefficient (Wildman–Crippen LogP) is 16.0. The van der Waals surface area contributed by atoms with Crippen molar-refractivity contribution < 1.29 is 8.53 Å². The first-order chi connectivity index (χ1) is 36.8. The van der Waals surface area contributed by atoms with Gasteiger partial charge in [0.15, 0.2) is 0 Å². The molecule has 1 unspecified atom stereocenters. The van der Waals surface area contributed by atoms with Gasteiger partial charge in [0.05, 0.1) is 11.1 Å². The zero-order valence-corrected chi connectivity index (χ0v) is 40.0. The van der Waals surface area contributed by atoms with Crippen LogP contribution in [0.15, 0.2) is 229 Å². The number of benzene rings is 10. The summed E-state index contributed by atoms with van der Waals surface area (Å²) < 4.78 is 32.9. The molecule has 0 bridgehead atoms. The second-order valence-corrected chi connectivity index (χ2v) is 20.8. The molecule has 4 heterocycles. The third-order valence-electron chi connectivity index (χ3n) is 16.0. The molecule has 0 amide bonds. The number of nitrogens with zero attached hydrogens (tertiary/aromatic N) is 2. The minimum absolute atomic E-state index is 0.143. The Morgan fingerprint density at radius 3 is 1.99 bits per heavy atom. The lowest BCUT2D eigenvalue weighted by molar-refractivity contribution is 0.669. The molecule has 336 valence electrons. The first-order valence-electron chi connectivity index (χ1n) is 26.3. The number of aryl methyl sites for hydroxylation is 2. The van der Waals surface area contributed by atoms with Crippen LogP contribution in [0.2, 0.25) is 0 Å². The highest BCUT2D eigenvalue weighted by atomic mass is 32.1. The van der Waals surface area contributed by atoms with Crippen LogP contribution in [0.25, 0.3) is 66.4 Å². The quantitative estimate of drug-likeness (QED) is 0.164. The van der Waals surface area contributed by atoms with Crippen LogP contribution in [0, 0.1) is 13.8 Å². The van der Waals surface area contributed by atoms with Crippen molar-refractivity contribution in [3.05, 3.63) is 257 Å². The van der Waals surface area contributed by atoms with Gasteiger partial charge in [-0.25, -0.2) is 0 Å². The van der Waals surface area contributed by atoms with Crippen LogP contribution < -0.4 is 25.5 Å². The van der Waals surface area contributed by atoms with Gasteiger partial charge >= 0.3 is 0 Å². The van der Waals surface area contributed by atoms with E-state index in [9.17, 15) is 0 Å². The second kappa shape index (κ2) is 14.7. The van der Waals surface area contributed by atoms with Gasteiger partial charge in [0, 0.05) is 58.5 Å². The first-order valence-corrected chi connectivity index (χ1v) is 25.6. The molecule has 0 fully saturated rings. The minimum atomic E-state index is -2.23. The molecule has 2 aliphatic heterocycles. The van der Waals surface area contributed by atoms with E-state index < -0.39 is 12.3 Å². The summed E-state index contributed by atoms with van der Waals surface area (Å²) in [5, 5.41) is 2.24. The van der Waals surface area contributed by atoms with E-state index in [1.54, 1.807) is 12.1 Å². The summed E-state index contributed by atoms with van der Waals surface area (Å²) in [5.74, 6) is 0. The van der Waals surface area contributed by atoms with Gasteiger partial charge in [-0.2, -0.15) is 0 Å². The Morgan fingerprint density at radius 1 is 0.472 bits per heavy atom. The molecular weight excluding hydrogens is 892 g/mol. The van der Waals surface area contributed by atoms with E-state index in [0.29, 0.717) is 5.56 Å². The molecule has 1 atom stereocenters. The Balaban J connectivity index is 1.01. The highest BCUT2D eigenvalue weighted by molar-refractivity contribution is 7.30. The predicted molar refractivity (Wildman–Crippen MR) is 302 cm³/mol. The maximum Gasteiger partial charge on any atom is 0.264 e. The number of rotatable bonds is 4. The zero-order valence-electron chi connectivity index (χ0n) is 42.2. The van der Waals surface area contributed by atoms with Gasteiger partial charge in [-0.15, -0.1) is 11.3 Å². The van der Waals surface area contributed by atoms with Crippen molar-refractivity contribution in [1.82, 2.24) is 0 Å². The third kappa shape index (κ3) is 5.25. The van der Waals surface area contributed by atoms with Gasteiger partial charge < -0.3 is 14.2 Å². The monoisotopic (exact) mass is 937 g/mol. The van der Waals surface area contributed by atoms with Crippen molar-refractivity contribution in [3.63, 3.8) is 0 Å². The normalized spacial score (nSPS) is 16.1. The number of para-hydroxylation sites is 2. The average Bonchev–Trinajstić information content (AvgIpc) is 4.25. The molecule has 0 N–H and O–H groups in total. The van der Waals surface area contributed by atoms with E-state index in [2.05, 4.69) is 217 Å². The smallest absolute Gasteiger partial charge is 0.264 e. The third-order valence-corrected chi connectivity index (χ3v) is 17.4. The number of thiophene rings is 1. The van der Waals surface area contributed by atoms with E-state index in [4.69, 9.17) is 8.53 Å². The van der Waals surface area contributed by atoms with Crippen molar-refractivity contribution in [2.75, 3.05) is 9.80 Å². The second-order valence-electron chi connectivity index (χ2n) is 19.7. The lowest BCUT2D eigenvalue weighted by Gasteiger charge is -2.43. The summed E-state index contributed by atoms with van der Waals surface area (Å²) in [6.07, 6.45) is 0. The lowest BCUT2D eigenvalue weighted by Crippen LogP contribution is -2.60. The minimum Gasteiger partial charge on any atom is -0.456 e. The molecule has 16 rings (SSSR count). The van der Waals surface area contributed by atoms with Crippen molar-refractivity contribution >= 4 is 89.8 Å². The van der Waals surface area contributed by atoms with Crippen molar-refractivity contribution in [3.8, 4) is 44.5 Å². The fourth-order valence-corrected chi connectivity index (χ4v) is 14.8. The fourth-order valence-electron chi connectivity index (χ4n) is 13.1. The van der Waals surface area contributed by atoms with Crippen LogP contribution >= 0.6 is 11.3 Å². The van der Waals surface area contributed by atoms with E-state index in [-0.39, 0.29) is 6.71 Å². The molecule has 4 aliphatic rings. The fraction of sp³-hybridized carbons (Fsp3) is 0.0448. The molecule has 0 saturated carbocycles. The Morgan fingerprint density at radius 2 is 1.17 bits per heavy atom. The van der Waals surface area contributed by atoms with Crippen molar-refractivity contribution in [2.24, 2.45) is 0 Å². The van der Waals surface area contributed by atoms with Gasteiger partial charge in [-0.1, -0.05) is 175 Å². The Bertz CT molecular complexity index is 4390. The van der Waals surface area contributed by atoms with Gasteiger partial charge in [0.1, 0.15) is 11.2 Å². The number of hydrogen-bond acceptors (Lipinski definition) is 4. The topological polar surface area (TPSA) is 19.6 Å². The summed E-state index contributed by atoms with van der Waals surface area (Å²) in [5.41, 5.74) is 25.0. The summed E-state index contributed by atoms with van der Waals surface area (Å²) >= 11 is 1.97. The molecular formula is C67H43BN2OS. The number of fused-ring (bicyclic) bond motifs is 18. The van der Waals surface area contributed by atoms with Crippen LogP contribution in [0.3, 0.4) is 0 Å². The molecule has 0 saturated heterocycles. The van der Waals surface area contributed by atoms with E-state index >= 15 is 0 Å². The average molecular weight is 938 g/mol. The molecule has 10 aromatic carbocycles.